The predicted molar refractivity (Wildman–Crippen MR) is 52.4 cm³/mol. The van der Waals surface area contributed by atoms with Crippen molar-refractivity contribution in [3.8, 4) is 0 Å². The third-order valence-electron chi connectivity index (χ3n) is 2.92. The van der Waals surface area contributed by atoms with Gasteiger partial charge in [-0.2, -0.15) is 11.8 Å². The topological polar surface area (TPSA) is 40.5 Å². The molecular weight excluding hydrogens is 172 g/mol. The Hall–Kier alpha value is 0.270. The molecule has 0 aliphatic carbocycles. The smallest absolute Gasteiger partial charge is 0.0677 e. The first-order valence-electron chi connectivity index (χ1n) is 4.43. The SMILES string of the molecule is CC(C)(O)C1(CO)CCCSC1. The quantitative estimate of drug-likeness (QED) is 0.689. The van der Waals surface area contributed by atoms with Gasteiger partial charge in [0, 0.05) is 11.2 Å². The molecule has 1 atom stereocenters. The van der Waals surface area contributed by atoms with Gasteiger partial charge < -0.3 is 10.2 Å². The fraction of sp³-hybridized carbons (Fsp3) is 1.00. The summed E-state index contributed by atoms with van der Waals surface area (Å²) in [5.74, 6) is 2.05. The van der Waals surface area contributed by atoms with Gasteiger partial charge in [-0.3, -0.25) is 0 Å². The Labute approximate surface area is 78.4 Å². The van der Waals surface area contributed by atoms with Gasteiger partial charge in [0.05, 0.1) is 12.2 Å². The second-order valence-corrected chi connectivity index (χ2v) is 5.26. The molecule has 1 unspecified atom stereocenters. The van der Waals surface area contributed by atoms with E-state index in [2.05, 4.69) is 0 Å². The first-order valence-corrected chi connectivity index (χ1v) is 5.58. The molecule has 0 amide bonds. The Kier molecular flexibility index (Phi) is 3.07. The molecule has 0 bridgehead atoms. The van der Waals surface area contributed by atoms with Gasteiger partial charge >= 0.3 is 0 Å². The van der Waals surface area contributed by atoms with Crippen LogP contribution in [-0.4, -0.2) is 33.9 Å². The third kappa shape index (κ3) is 1.78. The lowest BCUT2D eigenvalue weighted by Crippen LogP contribution is -2.49. The van der Waals surface area contributed by atoms with Crippen LogP contribution in [0.5, 0.6) is 0 Å². The minimum absolute atomic E-state index is 0.101. The summed E-state index contributed by atoms with van der Waals surface area (Å²) in [6, 6.07) is 0. The zero-order valence-corrected chi connectivity index (χ0v) is 8.65. The Morgan fingerprint density at radius 3 is 2.42 bits per heavy atom. The number of hydrogen-bond acceptors (Lipinski definition) is 3. The summed E-state index contributed by atoms with van der Waals surface area (Å²) in [5, 5.41) is 19.2. The first-order chi connectivity index (χ1) is 5.52. The van der Waals surface area contributed by atoms with E-state index in [4.69, 9.17) is 0 Å². The fourth-order valence-electron chi connectivity index (χ4n) is 1.65. The molecule has 3 heteroatoms. The molecular formula is C9H18O2S. The highest BCUT2D eigenvalue weighted by molar-refractivity contribution is 7.99. The monoisotopic (exact) mass is 190 g/mol. The molecule has 0 saturated carbocycles. The molecule has 1 heterocycles. The minimum Gasteiger partial charge on any atom is -0.396 e. The van der Waals surface area contributed by atoms with Crippen molar-refractivity contribution in [2.24, 2.45) is 5.41 Å². The second kappa shape index (κ2) is 3.56. The van der Waals surface area contributed by atoms with Gasteiger partial charge in [-0.15, -0.1) is 0 Å². The molecule has 72 valence electrons. The third-order valence-corrected chi connectivity index (χ3v) is 4.26. The highest BCUT2D eigenvalue weighted by Crippen LogP contribution is 2.42. The van der Waals surface area contributed by atoms with Crippen molar-refractivity contribution in [2.75, 3.05) is 18.1 Å². The number of thioether (sulfide) groups is 1. The lowest BCUT2D eigenvalue weighted by Gasteiger charge is -2.44. The molecule has 2 nitrogen and oxygen atoms in total. The molecule has 2 N–H and O–H groups in total. The lowest BCUT2D eigenvalue weighted by atomic mass is 9.72. The number of rotatable bonds is 2. The van der Waals surface area contributed by atoms with E-state index < -0.39 is 5.60 Å². The molecule has 1 saturated heterocycles. The van der Waals surface area contributed by atoms with Crippen LogP contribution in [0.25, 0.3) is 0 Å². The van der Waals surface area contributed by atoms with Crippen LogP contribution in [0.1, 0.15) is 26.7 Å². The maximum absolute atomic E-state index is 9.92. The Morgan fingerprint density at radius 1 is 1.50 bits per heavy atom. The normalized spacial score (nSPS) is 32.0. The maximum atomic E-state index is 9.92. The zero-order chi connectivity index (χ0) is 9.24. The Balaban J connectivity index is 2.73. The standard InChI is InChI=1S/C9H18O2S/c1-8(2,11)9(6-10)4-3-5-12-7-9/h10-11H,3-7H2,1-2H3. The second-order valence-electron chi connectivity index (χ2n) is 4.15. The van der Waals surface area contributed by atoms with Crippen LogP contribution in [0.4, 0.5) is 0 Å². The van der Waals surface area contributed by atoms with Crippen molar-refractivity contribution in [3.63, 3.8) is 0 Å². The van der Waals surface area contributed by atoms with E-state index in [-0.39, 0.29) is 12.0 Å². The van der Waals surface area contributed by atoms with Crippen molar-refractivity contribution in [1.29, 1.82) is 0 Å². The average molecular weight is 190 g/mol. The molecule has 0 radical (unpaired) electrons. The summed E-state index contributed by atoms with van der Waals surface area (Å²) in [6.07, 6.45) is 2.05. The summed E-state index contributed by atoms with van der Waals surface area (Å²) in [7, 11) is 0. The minimum atomic E-state index is -0.755. The maximum Gasteiger partial charge on any atom is 0.0677 e. The van der Waals surface area contributed by atoms with E-state index in [9.17, 15) is 10.2 Å². The molecule has 1 fully saturated rings. The average Bonchev–Trinajstić information content (AvgIpc) is 2.04. The Morgan fingerprint density at radius 2 is 2.17 bits per heavy atom. The van der Waals surface area contributed by atoms with Crippen LogP contribution >= 0.6 is 11.8 Å². The van der Waals surface area contributed by atoms with E-state index >= 15 is 0 Å². The lowest BCUT2D eigenvalue weighted by molar-refractivity contribution is -0.0765. The van der Waals surface area contributed by atoms with Crippen molar-refractivity contribution in [3.05, 3.63) is 0 Å². The van der Waals surface area contributed by atoms with E-state index in [0.717, 1.165) is 24.3 Å². The van der Waals surface area contributed by atoms with Gasteiger partial charge in [0.25, 0.3) is 0 Å². The largest absolute Gasteiger partial charge is 0.396 e. The number of hydrogen-bond donors (Lipinski definition) is 2. The van der Waals surface area contributed by atoms with Crippen molar-refractivity contribution in [2.45, 2.75) is 32.3 Å². The van der Waals surface area contributed by atoms with Gasteiger partial charge in [-0.1, -0.05) is 0 Å². The molecule has 0 aromatic rings. The zero-order valence-electron chi connectivity index (χ0n) is 7.84. The summed E-state index contributed by atoms with van der Waals surface area (Å²) >= 11 is 1.83. The molecule has 0 aromatic carbocycles. The summed E-state index contributed by atoms with van der Waals surface area (Å²) in [5.41, 5.74) is -1.02. The van der Waals surface area contributed by atoms with Gasteiger partial charge in [0.15, 0.2) is 0 Å². The van der Waals surface area contributed by atoms with Gasteiger partial charge in [-0.25, -0.2) is 0 Å². The fourth-order valence-corrected chi connectivity index (χ4v) is 3.13. The molecule has 0 aromatic heterocycles. The van der Waals surface area contributed by atoms with Crippen molar-refractivity contribution >= 4 is 11.8 Å². The molecule has 1 aliphatic rings. The molecule has 12 heavy (non-hydrogen) atoms. The highest BCUT2D eigenvalue weighted by atomic mass is 32.2. The predicted octanol–water partition coefficient (Wildman–Crippen LogP) is 1.26. The van der Waals surface area contributed by atoms with Crippen LogP contribution in [0.15, 0.2) is 0 Å². The van der Waals surface area contributed by atoms with Crippen LogP contribution < -0.4 is 0 Å². The van der Waals surface area contributed by atoms with Crippen LogP contribution in [0.3, 0.4) is 0 Å². The van der Waals surface area contributed by atoms with E-state index in [1.807, 2.05) is 11.8 Å². The summed E-state index contributed by atoms with van der Waals surface area (Å²) < 4.78 is 0. The van der Waals surface area contributed by atoms with Crippen LogP contribution in [-0.2, 0) is 0 Å². The summed E-state index contributed by atoms with van der Waals surface area (Å²) in [4.78, 5) is 0. The van der Waals surface area contributed by atoms with E-state index in [1.165, 1.54) is 0 Å². The van der Waals surface area contributed by atoms with Gasteiger partial charge in [-0.05, 0) is 32.4 Å². The van der Waals surface area contributed by atoms with Crippen molar-refractivity contribution in [1.82, 2.24) is 0 Å². The number of aliphatic hydroxyl groups excluding tert-OH is 1. The molecule has 1 rings (SSSR count). The highest BCUT2D eigenvalue weighted by Gasteiger charge is 2.44. The van der Waals surface area contributed by atoms with E-state index in [1.54, 1.807) is 13.8 Å². The van der Waals surface area contributed by atoms with Crippen molar-refractivity contribution < 1.29 is 10.2 Å². The number of aliphatic hydroxyl groups is 2. The van der Waals surface area contributed by atoms with Crippen LogP contribution in [0.2, 0.25) is 0 Å². The summed E-state index contributed by atoms with van der Waals surface area (Å²) in [6.45, 7) is 3.70. The van der Waals surface area contributed by atoms with Gasteiger partial charge in [0.2, 0.25) is 0 Å². The van der Waals surface area contributed by atoms with E-state index in [0.29, 0.717) is 0 Å². The molecule has 1 aliphatic heterocycles. The first kappa shape index (κ1) is 10.4. The Bertz CT molecular complexity index is 145. The molecule has 0 spiro atoms. The van der Waals surface area contributed by atoms with Crippen LogP contribution in [0, 0.1) is 5.41 Å². The van der Waals surface area contributed by atoms with Gasteiger partial charge in [0.1, 0.15) is 0 Å².